The van der Waals surface area contributed by atoms with Crippen molar-refractivity contribution in [3.05, 3.63) is 43.3 Å². The van der Waals surface area contributed by atoms with Gasteiger partial charge in [-0.3, -0.25) is 9.36 Å². The lowest BCUT2D eigenvalue weighted by atomic mass is 10.2. The van der Waals surface area contributed by atoms with Crippen LogP contribution in [0.3, 0.4) is 0 Å². The van der Waals surface area contributed by atoms with Gasteiger partial charge in [0, 0.05) is 31.4 Å². The second kappa shape index (κ2) is 10.3. The van der Waals surface area contributed by atoms with E-state index in [0.29, 0.717) is 52.4 Å². The minimum atomic E-state index is -0.252. The summed E-state index contributed by atoms with van der Waals surface area (Å²) in [5, 5.41) is 18.5. The quantitative estimate of drug-likeness (QED) is 0.622. The van der Waals surface area contributed by atoms with Crippen LogP contribution >= 0.6 is 11.3 Å². The summed E-state index contributed by atoms with van der Waals surface area (Å²) < 4.78 is 18.1. The van der Waals surface area contributed by atoms with E-state index in [-0.39, 0.29) is 11.1 Å². The molecule has 0 atom stereocenters. The minimum Gasteiger partial charge on any atom is -0.497 e. The number of ether oxygens (including phenoxy) is 3. The van der Waals surface area contributed by atoms with Gasteiger partial charge in [-0.25, -0.2) is 0 Å². The normalized spacial score (nSPS) is 11.0. The monoisotopic (exact) mass is 399 g/mol. The fourth-order valence-corrected chi connectivity index (χ4v) is 3.65. The summed E-state index contributed by atoms with van der Waals surface area (Å²) in [7, 11) is 3.10. The van der Waals surface area contributed by atoms with Crippen LogP contribution in [-0.2, 0) is 11.3 Å². The first-order valence-corrected chi connectivity index (χ1v) is 9.46. The number of hydrogen-bond acceptors (Lipinski definition) is 7. The van der Waals surface area contributed by atoms with Gasteiger partial charge in [-0.15, -0.1) is 11.3 Å². The number of nitrogens with zero attached hydrogens (tertiary/aromatic N) is 3. The van der Waals surface area contributed by atoms with E-state index in [0.717, 1.165) is 11.3 Å². The van der Waals surface area contributed by atoms with Crippen molar-refractivity contribution in [3.63, 3.8) is 0 Å². The van der Waals surface area contributed by atoms with Gasteiger partial charge in [0.25, 0.3) is 5.56 Å². The van der Waals surface area contributed by atoms with Crippen LogP contribution in [-0.4, -0.2) is 32.0 Å². The predicted molar refractivity (Wildman–Crippen MR) is 107 cm³/mol. The SMILES string of the molecule is CCOCCCn1c(=C(C#N)C#N)s/c(=C/c2ccc(OC)cc2OC)c1=O. The molecule has 0 bridgehead atoms. The van der Waals surface area contributed by atoms with Gasteiger partial charge in [-0.05, 0) is 31.6 Å². The van der Waals surface area contributed by atoms with Crippen LogP contribution in [0, 0.1) is 22.7 Å². The van der Waals surface area contributed by atoms with Gasteiger partial charge in [0.2, 0.25) is 0 Å². The highest BCUT2D eigenvalue weighted by Crippen LogP contribution is 2.24. The predicted octanol–water partition coefficient (Wildman–Crippen LogP) is 1.38. The molecule has 1 aromatic carbocycles. The molecule has 0 N–H and O–H groups in total. The van der Waals surface area contributed by atoms with Crippen molar-refractivity contribution in [1.29, 1.82) is 10.5 Å². The Balaban J connectivity index is 2.63. The summed E-state index contributed by atoms with van der Waals surface area (Å²) in [6.45, 7) is 3.35. The molecule has 146 valence electrons. The largest absolute Gasteiger partial charge is 0.497 e. The van der Waals surface area contributed by atoms with Crippen molar-refractivity contribution in [1.82, 2.24) is 4.57 Å². The molecule has 0 radical (unpaired) electrons. The molecule has 7 nitrogen and oxygen atoms in total. The van der Waals surface area contributed by atoms with Crippen LogP contribution in [0.4, 0.5) is 0 Å². The molecule has 0 unspecified atom stereocenters. The van der Waals surface area contributed by atoms with Crippen molar-refractivity contribution in [2.24, 2.45) is 0 Å². The van der Waals surface area contributed by atoms with Gasteiger partial charge in [0.1, 0.15) is 28.3 Å². The standard InChI is InChI=1S/C20H21N3O4S/c1-4-27-9-5-8-23-19(24)18(28-20(23)15(12-21)13-22)10-14-6-7-16(25-2)11-17(14)26-3/h6-7,10-11H,4-5,8-9H2,1-3H3/b18-10+. The molecule has 1 heterocycles. The smallest absolute Gasteiger partial charge is 0.269 e. The molecular weight excluding hydrogens is 378 g/mol. The van der Waals surface area contributed by atoms with Gasteiger partial charge < -0.3 is 14.2 Å². The topological polar surface area (TPSA) is 97.3 Å². The van der Waals surface area contributed by atoms with Crippen LogP contribution in [0.2, 0.25) is 0 Å². The Labute approximate surface area is 166 Å². The molecule has 1 aromatic heterocycles. The summed E-state index contributed by atoms with van der Waals surface area (Å²) in [5.74, 6) is 1.19. The van der Waals surface area contributed by atoms with Crippen LogP contribution in [0.25, 0.3) is 11.6 Å². The lowest BCUT2D eigenvalue weighted by Crippen LogP contribution is -2.32. The zero-order chi connectivity index (χ0) is 20.5. The summed E-state index contributed by atoms with van der Waals surface area (Å²) in [6.07, 6.45) is 2.30. The molecule has 28 heavy (non-hydrogen) atoms. The van der Waals surface area contributed by atoms with Crippen LogP contribution in [0.15, 0.2) is 23.0 Å². The van der Waals surface area contributed by atoms with E-state index in [9.17, 15) is 15.3 Å². The van der Waals surface area contributed by atoms with Crippen molar-refractivity contribution < 1.29 is 14.2 Å². The fourth-order valence-electron chi connectivity index (χ4n) is 2.58. The van der Waals surface area contributed by atoms with E-state index in [2.05, 4.69) is 0 Å². The minimum absolute atomic E-state index is 0.0835. The highest BCUT2D eigenvalue weighted by atomic mass is 32.1. The highest BCUT2D eigenvalue weighted by Gasteiger charge is 2.10. The second-order valence-corrected chi connectivity index (χ2v) is 6.66. The molecule has 0 aliphatic rings. The number of thiazole rings is 1. The fraction of sp³-hybridized carbons (Fsp3) is 0.350. The van der Waals surface area contributed by atoms with Crippen LogP contribution in [0.5, 0.6) is 11.5 Å². The zero-order valence-corrected chi connectivity index (χ0v) is 16.8. The first-order valence-electron chi connectivity index (χ1n) is 8.65. The molecule has 0 saturated heterocycles. The molecule has 0 spiro atoms. The summed E-state index contributed by atoms with van der Waals surface area (Å²) in [5.41, 5.74) is 0.363. The molecular formula is C20H21N3O4S. The van der Waals surface area contributed by atoms with Gasteiger partial charge >= 0.3 is 0 Å². The van der Waals surface area contributed by atoms with E-state index in [1.165, 1.54) is 11.7 Å². The van der Waals surface area contributed by atoms with Crippen molar-refractivity contribution in [2.75, 3.05) is 27.4 Å². The number of benzene rings is 1. The molecule has 0 aliphatic carbocycles. The average Bonchev–Trinajstić information content (AvgIpc) is 3.02. The third-order valence-electron chi connectivity index (χ3n) is 3.95. The summed E-state index contributed by atoms with van der Waals surface area (Å²) in [6, 6.07) is 9.03. The lowest BCUT2D eigenvalue weighted by Gasteiger charge is -2.06. The molecule has 2 rings (SSSR count). The Morgan fingerprint density at radius 3 is 2.61 bits per heavy atom. The number of rotatable bonds is 8. The van der Waals surface area contributed by atoms with E-state index < -0.39 is 0 Å². The highest BCUT2D eigenvalue weighted by molar-refractivity contribution is 7.07. The Morgan fingerprint density at radius 2 is 2.00 bits per heavy atom. The van der Waals surface area contributed by atoms with E-state index in [1.54, 1.807) is 31.4 Å². The van der Waals surface area contributed by atoms with Crippen LogP contribution < -0.4 is 24.2 Å². The van der Waals surface area contributed by atoms with Gasteiger partial charge in [0.15, 0.2) is 5.57 Å². The molecule has 2 aromatic rings. The summed E-state index contributed by atoms with van der Waals surface area (Å²) >= 11 is 1.12. The molecule has 0 saturated carbocycles. The van der Waals surface area contributed by atoms with E-state index in [1.807, 2.05) is 19.1 Å². The van der Waals surface area contributed by atoms with Crippen molar-refractivity contribution >= 4 is 23.0 Å². The summed E-state index contributed by atoms with van der Waals surface area (Å²) in [4.78, 5) is 12.9. The molecule has 0 fully saturated rings. The Morgan fingerprint density at radius 1 is 1.25 bits per heavy atom. The lowest BCUT2D eigenvalue weighted by molar-refractivity contribution is 0.141. The van der Waals surface area contributed by atoms with Crippen molar-refractivity contribution in [3.8, 4) is 23.6 Å². The van der Waals surface area contributed by atoms with Gasteiger partial charge in [-0.2, -0.15) is 10.5 Å². The first kappa shape index (κ1) is 21.2. The molecule has 8 heteroatoms. The van der Waals surface area contributed by atoms with Gasteiger partial charge in [0.05, 0.1) is 18.8 Å². The zero-order valence-electron chi connectivity index (χ0n) is 16.0. The number of nitriles is 2. The Bertz CT molecular complexity index is 1070. The van der Waals surface area contributed by atoms with E-state index in [4.69, 9.17) is 14.2 Å². The maximum atomic E-state index is 12.9. The van der Waals surface area contributed by atoms with Crippen molar-refractivity contribution in [2.45, 2.75) is 19.9 Å². The molecule has 0 amide bonds. The second-order valence-electron chi connectivity index (χ2n) is 5.63. The third kappa shape index (κ3) is 4.80. The van der Waals surface area contributed by atoms with Gasteiger partial charge in [-0.1, -0.05) is 0 Å². The van der Waals surface area contributed by atoms with Crippen LogP contribution in [0.1, 0.15) is 18.9 Å². The Kier molecular flexibility index (Phi) is 7.82. The number of aromatic nitrogens is 1. The molecule has 0 aliphatic heterocycles. The maximum Gasteiger partial charge on any atom is 0.269 e. The third-order valence-corrected chi connectivity index (χ3v) is 5.08. The Hall–Kier alpha value is -3.07. The number of hydrogen-bond donors (Lipinski definition) is 0. The first-order chi connectivity index (χ1) is 13.6. The van der Waals surface area contributed by atoms with E-state index >= 15 is 0 Å². The average molecular weight is 399 g/mol. The maximum absolute atomic E-state index is 12.9. The number of methoxy groups -OCH3 is 2.